The van der Waals surface area contributed by atoms with Crippen LogP contribution in [0.25, 0.3) is 0 Å². The average Bonchev–Trinajstić information content (AvgIpc) is 2.78. The molecular weight excluding hydrogens is 412 g/mol. The summed E-state index contributed by atoms with van der Waals surface area (Å²) >= 11 is 0. The number of nitrogens with zero attached hydrogens (tertiary/aromatic N) is 2. The van der Waals surface area contributed by atoms with Crippen LogP contribution in [0.1, 0.15) is 26.2 Å². The van der Waals surface area contributed by atoms with Crippen LogP contribution in [0.3, 0.4) is 0 Å². The number of nitrogens with one attached hydrogen (secondary N) is 2. The smallest absolute Gasteiger partial charge is 0.240 e. The van der Waals surface area contributed by atoms with E-state index in [9.17, 15) is 13.2 Å². The van der Waals surface area contributed by atoms with Crippen molar-refractivity contribution < 1.29 is 13.2 Å². The topological polar surface area (TPSA) is 81.7 Å². The first-order chi connectivity index (χ1) is 15.0. The van der Waals surface area contributed by atoms with E-state index >= 15 is 0 Å². The van der Waals surface area contributed by atoms with Gasteiger partial charge in [0.05, 0.1) is 4.90 Å². The molecular formula is C23H32N4O3S. The molecule has 2 N–H and O–H groups in total. The van der Waals surface area contributed by atoms with Crippen molar-refractivity contribution in [1.29, 1.82) is 0 Å². The van der Waals surface area contributed by atoms with Crippen molar-refractivity contribution >= 4 is 27.3 Å². The van der Waals surface area contributed by atoms with Crippen LogP contribution < -0.4 is 14.9 Å². The molecule has 1 fully saturated rings. The first-order valence-corrected chi connectivity index (χ1v) is 12.4. The number of rotatable bonds is 10. The van der Waals surface area contributed by atoms with E-state index in [4.69, 9.17) is 0 Å². The Morgan fingerprint density at radius 2 is 1.65 bits per heavy atom. The van der Waals surface area contributed by atoms with Crippen LogP contribution in [0.4, 0.5) is 11.4 Å². The summed E-state index contributed by atoms with van der Waals surface area (Å²) in [6.07, 6.45) is 1.98. The number of carbonyl (C=O) groups is 1. The lowest BCUT2D eigenvalue weighted by atomic mass is 10.2. The molecule has 1 aliphatic heterocycles. The first kappa shape index (κ1) is 23.2. The number of benzene rings is 2. The van der Waals surface area contributed by atoms with E-state index in [1.807, 2.05) is 13.0 Å². The number of sulfonamides is 1. The predicted octanol–water partition coefficient (Wildman–Crippen LogP) is 2.92. The number of hydrogen-bond donors (Lipinski definition) is 2. The van der Waals surface area contributed by atoms with Crippen LogP contribution in [0, 0.1) is 0 Å². The summed E-state index contributed by atoms with van der Waals surface area (Å²) in [6.45, 7) is 7.13. The molecule has 1 heterocycles. The molecule has 0 aliphatic carbocycles. The zero-order chi connectivity index (χ0) is 22.1. The molecule has 0 radical (unpaired) electrons. The van der Waals surface area contributed by atoms with Crippen molar-refractivity contribution in [1.82, 2.24) is 9.62 Å². The first-order valence-electron chi connectivity index (χ1n) is 10.9. The van der Waals surface area contributed by atoms with Crippen molar-refractivity contribution in [2.24, 2.45) is 0 Å². The zero-order valence-corrected chi connectivity index (χ0v) is 18.9. The summed E-state index contributed by atoms with van der Waals surface area (Å²) in [5.41, 5.74) is 1.86. The Hall–Kier alpha value is -2.42. The summed E-state index contributed by atoms with van der Waals surface area (Å²) in [5.74, 6) is -0.0687. The van der Waals surface area contributed by atoms with Gasteiger partial charge in [-0.05, 0) is 55.8 Å². The van der Waals surface area contributed by atoms with Gasteiger partial charge in [0.2, 0.25) is 15.9 Å². The second kappa shape index (κ2) is 11.3. The molecule has 1 saturated heterocycles. The summed E-state index contributed by atoms with van der Waals surface area (Å²) in [5, 5.41) is 2.76. The van der Waals surface area contributed by atoms with E-state index in [-0.39, 0.29) is 10.8 Å². The molecule has 0 bridgehead atoms. The van der Waals surface area contributed by atoms with Gasteiger partial charge in [0.15, 0.2) is 0 Å². The van der Waals surface area contributed by atoms with Gasteiger partial charge < -0.3 is 10.2 Å². The van der Waals surface area contributed by atoms with Crippen molar-refractivity contribution in [3.63, 3.8) is 0 Å². The molecule has 0 atom stereocenters. The summed E-state index contributed by atoms with van der Waals surface area (Å²) in [4.78, 5) is 16.6. The second-order valence-corrected chi connectivity index (χ2v) is 9.51. The lowest BCUT2D eigenvalue weighted by Gasteiger charge is -2.36. The van der Waals surface area contributed by atoms with E-state index < -0.39 is 10.0 Å². The van der Waals surface area contributed by atoms with Crippen LogP contribution in [0.5, 0.6) is 0 Å². The van der Waals surface area contributed by atoms with Gasteiger partial charge in [-0.3, -0.25) is 9.69 Å². The standard InChI is InChI=1S/C23H32N4O3S/c1-2-7-23(28)25-20-10-12-22(13-11-20)31(29,30)24-14-6-15-26-16-18-27(19-17-26)21-8-4-3-5-9-21/h3-5,8-13,24H,2,6-7,14-19H2,1H3,(H,25,28). The predicted molar refractivity (Wildman–Crippen MR) is 125 cm³/mol. The van der Waals surface area contributed by atoms with Gasteiger partial charge in [0, 0.05) is 50.5 Å². The Labute approximate surface area is 185 Å². The van der Waals surface area contributed by atoms with Crippen molar-refractivity contribution in [3.05, 3.63) is 54.6 Å². The normalized spacial score (nSPS) is 15.1. The number of hydrogen-bond acceptors (Lipinski definition) is 5. The van der Waals surface area contributed by atoms with Gasteiger partial charge in [0.1, 0.15) is 0 Å². The maximum atomic E-state index is 12.5. The summed E-state index contributed by atoms with van der Waals surface area (Å²) in [6, 6.07) is 16.7. The van der Waals surface area contributed by atoms with Gasteiger partial charge >= 0.3 is 0 Å². The van der Waals surface area contributed by atoms with E-state index in [2.05, 4.69) is 44.1 Å². The van der Waals surface area contributed by atoms with Crippen LogP contribution in [0.2, 0.25) is 0 Å². The van der Waals surface area contributed by atoms with Crippen molar-refractivity contribution in [2.45, 2.75) is 31.1 Å². The molecule has 0 spiro atoms. The molecule has 0 saturated carbocycles. The zero-order valence-electron chi connectivity index (χ0n) is 18.1. The third-order valence-corrected chi connectivity index (χ3v) is 6.84. The molecule has 2 aromatic carbocycles. The molecule has 0 aromatic heterocycles. The molecule has 8 heteroatoms. The molecule has 0 unspecified atom stereocenters. The second-order valence-electron chi connectivity index (χ2n) is 7.74. The SMILES string of the molecule is CCCC(=O)Nc1ccc(S(=O)(=O)NCCCN2CCN(c3ccccc3)CC2)cc1. The van der Waals surface area contributed by atoms with Gasteiger partial charge in [-0.15, -0.1) is 0 Å². The average molecular weight is 445 g/mol. The number of para-hydroxylation sites is 1. The lowest BCUT2D eigenvalue weighted by molar-refractivity contribution is -0.116. The van der Waals surface area contributed by atoms with Gasteiger partial charge in [-0.2, -0.15) is 0 Å². The Bertz CT molecular complexity index is 925. The largest absolute Gasteiger partial charge is 0.369 e. The minimum atomic E-state index is -3.55. The van der Waals surface area contributed by atoms with Gasteiger partial charge in [-0.25, -0.2) is 13.1 Å². The molecule has 1 amide bonds. The Morgan fingerprint density at radius 1 is 0.968 bits per heavy atom. The van der Waals surface area contributed by atoms with E-state index in [1.54, 1.807) is 12.1 Å². The third-order valence-electron chi connectivity index (χ3n) is 5.36. The van der Waals surface area contributed by atoms with E-state index in [0.29, 0.717) is 18.7 Å². The van der Waals surface area contributed by atoms with Crippen LogP contribution in [-0.2, 0) is 14.8 Å². The monoisotopic (exact) mass is 444 g/mol. The van der Waals surface area contributed by atoms with Crippen LogP contribution >= 0.6 is 0 Å². The summed E-state index contributed by atoms with van der Waals surface area (Å²) in [7, 11) is -3.55. The van der Waals surface area contributed by atoms with Crippen molar-refractivity contribution in [3.8, 4) is 0 Å². The molecule has 7 nitrogen and oxygen atoms in total. The maximum absolute atomic E-state index is 12.5. The summed E-state index contributed by atoms with van der Waals surface area (Å²) < 4.78 is 27.7. The fourth-order valence-corrected chi connectivity index (χ4v) is 4.70. The van der Waals surface area contributed by atoms with Gasteiger partial charge in [-0.1, -0.05) is 25.1 Å². The maximum Gasteiger partial charge on any atom is 0.240 e. The fourth-order valence-electron chi connectivity index (χ4n) is 3.63. The highest BCUT2D eigenvalue weighted by Gasteiger charge is 2.17. The minimum absolute atomic E-state index is 0.0687. The lowest BCUT2D eigenvalue weighted by Crippen LogP contribution is -2.47. The Morgan fingerprint density at radius 3 is 2.29 bits per heavy atom. The van der Waals surface area contributed by atoms with Crippen LogP contribution in [-0.4, -0.2) is 58.5 Å². The number of anilines is 2. The molecule has 2 aromatic rings. The van der Waals surface area contributed by atoms with Crippen LogP contribution in [0.15, 0.2) is 59.5 Å². The van der Waals surface area contributed by atoms with E-state index in [0.717, 1.165) is 45.6 Å². The molecule has 3 rings (SSSR count). The van der Waals surface area contributed by atoms with E-state index in [1.165, 1.54) is 17.8 Å². The highest BCUT2D eigenvalue weighted by molar-refractivity contribution is 7.89. The highest BCUT2D eigenvalue weighted by Crippen LogP contribution is 2.16. The highest BCUT2D eigenvalue weighted by atomic mass is 32.2. The molecule has 168 valence electrons. The minimum Gasteiger partial charge on any atom is -0.369 e. The number of amides is 1. The number of carbonyl (C=O) groups excluding carboxylic acids is 1. The number of piperazine rings is 1. The fraction of sp³-hybridized carbons (Fsp3) is 0.435. The van der Waals surface area contributed by atoms with Crippen molar-refractivity contribution in [2.75, 3.05) is 49.5 Å². The molecule has 1 aliphatic rings. The Kier molecular flexibility index (Phi) is 8.45. The third kappa shape index (κ3) is 7.05. The molecule has 31 heavy (non-hydrogen) atoms. The Balaban J connectivity index is 1.38. The van der Waals surface area contributed by atoms with Gasteiger partial charge in [0.25, 0.3) is 0 Å². The quantitative estimate of drug-likeness (QED) is 0.551.